The Hall–Kier alpha value is -1.62. The quantitative estimate of drug-likeness (QED) is 0.780. The Morgan fingerprint density at radius 2 is 2.41 bits per heavy atom. The molecule has 17 heavy (non-hydrogen) atoms. The molecule has 1 aliphatic rings. The summed E-state index contributed by atoms with van der Waals surface area (Å²) in [5, 5.41) is 0. The second kappa shape index (κ2) is 5.14. The van der Waals surface area contributed by atoms with Gasteiger partial charge in [0.15, 0.2) is 0 Å². The van der Waals surface area contributed by atoms with E-state index in [-0.39, 0.29) is 5.91 Å². The first kappa shape index (κ1) is 11.9. The fourth-order valence-corrected chi connectivity index (χ4v) is 1.86. The summed E-state index contributed by atoms with van der Waals surface area (Å²) < 4.78 is 1.85. The summed E-state index contributed by atoms with van der Waals surface area (Å²) in [5.41, 5.74) is 7.31. The number of hydrogen-bond acceptors (Lipinski definition) is 3. The minimum atomic E-state index is 0.00419. The van der Waals surface area contributed by atoms with Crippen molar-refractivity contribution in [1.82, 2.24) is 14.5 Å². The number of rotatable bonds is 3. The lowest BCUT2D eigenvalue weighted by Gasteiger charge is -2.24. The SMILES string of the molecule is CC1=CCN(C(=O)c2cn(CCN)cn2)CC1. The molecule has 0 spiro atoms. The summed E-state index contributed by atoms with van der Waals surface area (Å²) in [6, 6.07) is 0. The molecule has 92 valence electrons. The molecule has 1 aromatic rings. The van der Waals surface area contributed by atoms with Crippen molar-refractivity contribution in [3.8, 4) is 0 Å². The predicted octanol–water partition coefficient (Wildman–Crippen LogP) is 0.634. The zero-order chi connectivity index (χ0) is 12.3. The molecule has 0 fully saturated rings. The van der Waals surface area contributed by atoms with Gasteiger partial charge in [-0.05, 0) is 13.3 Å². The molecule has 0 saturated heterocycles. The van der Waals surface area contributed by atoms with Crippen LogP contribution in [-0.2, 0) is 6.54 Å². The normalized spacial score (nSPS) is 15.9. The second-order valence-corrected chi connectivity index (χ2v) is 4.34. The molecule has 0 atom stereocenters. The van der Waals surface area contributed by atoms with Gasteiger partial charge in [0.2, 0.25) is 0 Å². The molecular formula is C12H18N4O. The zero-order valence-electron chi connectivity index (χ0n) is 10.1. The van der Waals surface area contributed by atoms with E-state index in [2.05, 4.69) is 18.0 Å². The third kappa shape index (κ3) is 2.74. The zero-order valence-corrected chi connectivity index (χ0v) is 10.1. The summed E-state index contributed by atoms with van der Waals surface area (Å²) in [4.78, 5) is 18.1. The Labute approximate surface area is 101 Å². The van der Waals surface area contributed by atoms with Crippen molar-refractivity contribution < 1.29 is 4.79 Å². The van der Waals surface area contributed by atoms with E-state index in [4.69, 9.17) is 5.73 Å². The first-order valence-electron chi connectivity index (χ1n) is 5.87. The fraction of sp³-hybridized carbons (Fsp3) is 0.500. The van der Waals surface area contributed by atoms with Gasteiger partial charge in [-0.2, -0.15) is 0 Å². The second-order valence-electron chi connectivity index (χ2n) is 4.34. The van der Waals surface area contributed by atoms with Gasteiger partial charge in [0.05, 0.1) is 6.33 Å². The van der Waals surface area contributed by atoms with Crippen LogP contribution in [0, 0.1) is 0 Å². The monoisotopic (exact) mass is 234 g/mol. The van der Waals surface area contributed by atoms with E-state index in [0.29, 0.717) is 25.3 Å². The lowest BCUT2D eigenvalue weighted by Crippen LogP contribution is -2.34. The molecule has 0 bridgehead atoms. The van der Waals surface area contributed by atoms with Crippen LogP contribution in [0.25, 0.3) is 0 Å². The smallest absolute Gasteiger partial charge is 0.274 e. The van der Waals surface area contributed by atoms with Crippen LogP contribution in [0.2, 0.25) is 0 Å². The molecule has 0 aliphatic carbocycles. The Balaban J connectivity index is 2.04. The minimum Gasteiger partial charge on any atom is -0.335 e. The highest BCUT2D eigenvalue weighted by atomic mass is 16.2. The number of carbonyl (C=O) groups excluding carboxylic acids is 1. The first-order valence-corrected chi connectivity index (χ1v) is 5.87. The maximum atomic E-state index is 12.1. The Bertz CT molecular complexity index is 435. The lowest BCUT2D eigenvalue weighted by molar-refractivity contribution is 0.0763. The number of nitrogens with two attached hydrogens (primary N) is 1. The third-order valence-corrected chi connectivity index (χ3v) is 2.96. The molecule has 5 heteroatoms. The van der Waals surface area contributed by atoms with Crippen LogP contribution in [0.15, 0.2) is 24.2 Å². The molecule has 2 rings (SSSR count). The summed E-state index contributed by atoms with van der Waals surface area (Å²) in [7, 11) is 0. The Morgan fingerprint density at radius 1 is 1.59 bits per heavy atom. The van der Waals surface area contributed by atoms with Crippen LogP contribution in [0.5, 0.6) is 0 Å². The van der Waals surface area contributed by atoms with Crippen molar-refractivity contribution in [3.05, 3.63) is 29.9 Å². The van der Waals surface area contributed by atoms with Crippen LogP contribution in [0.4, 0.5) is 0 Å². The minimum absolute atomic E-state index is 0.00419. The number of amides is 1. The molecule has 0 unspecified atom stereocenters. The Morgan fingerprint density at radius 3 is 3.06 bits per heavy atom. The van der Waals surface area contributed by atoms with Crippen LogP contribution in [0.1, 0.15) is 23.8 Å². The number of imidazole rings is 1. The van der Waals surface area contributed by atoms with E-state index in [1.807, 2.05) is 9.47 Å². The summed E-state index contributed by atoms with van der Waals surface area (Å²) >= 11 is 0. The molecule has 2 heterocycles. The molecule has 1 aromatic heterocycles. The van der Waals surface area contributed by atoms with Crippen LogP contribution in [-0.4, -0.2) is 40.0 Å². The maximum Gasteiger partial charge on any atom is 0.274 e. The maximum absolute atomic E-state index is 12.1. The third-order valence-electron chi connectivity index (χ3n) is 2.96. The van der Waals surface area contributed by atoms with Crippen molar-refractivity contribution >= 4 is 5.91 Å². The predicted molar refractivity (Wildman–Crippen MR) is 65.6 cm³/mol. The molecule has 5 nitrogen and oxygen atoms in total. The highest BCUT2D eigenvalue weighted by Gasteiger charge is 2.19. The molecule has 0 saturated carbocycles. The van der Waals surface area contributed by atoms with E-state index in [1.165, 1.54) is 5.57 Å². The summed E-state index contributed by atoms with van der Waals surface area (Å²) in [5.74, 6) is 0.00419. The topological polar surface area (TPSA) is 64.2 Å². The molecule has 0 aromatic carbocycles. The van der Waals surface area contributed by atoms with Crippen molar-refractivity contribution in [1.29, 1.82) is 0 Å². The standard InChI is InChI=1S/C12H18N4O/c1-10-2-5-16(6-3-10)12(17)11-8-15(7-4-13)9-14-11/h2,8-9H,3-7,13H2,1H3. The van der Waals surface area contributed by atoms with Crippen molar-refractivity contribution in [2.45, 2.75) is 19.9 Å². The van der Waals surface area contributed by atoms with Gasteiger partial charge in [0.1, 0.15) is 5.69 Å². The van der Waals surface area contributed by atoms with Crippen molar-refractivity contribution in [2.75, 3.05) is 19.6 Å². The number of aromatic nitrogens is 2. The number of nitrogens with zero attached hydrogens (tertiary/aromatic N) is 3. The Kier molecular flexibility index (Phi) is 3.58. The lowest BCUT2D eigenvalue weighted by atomic mass is 10.1. The van der Waals surface area contributed by atoms with E-state index in [9.17, 15) is 4.79 Å². The van der Waals surface area contributed by atoms with Gasteiger partial charge in [-0.1, -0.05) is 11.6 Å². The highest BCUT2D eigenvalue weighted by molar-refractivity contribution is 5.92. The summed E-state index contributed by atoms with van der Waals surface area (Å²) in [6.07, 6.45) is 6.47. The van der Waals surface area contributed by atoms with E-state index in [1.54, 1.807) is 12.5 Å². The van der Waals surface area contributed by atoms with Gasteiger partial charge in [-0.25, -0.2) is 4.98 Å². The van der Waals surface area contributed by atoms with Crippen molar-refractivity contribution in [3.63, 3.8) is 0 Å². The fourth-order valence-electron chi connectivity index (χ4n) is 1.86. The van der Waals surface area contributed by atoms with Gasteiger partial charge in [-0.3, -0.25) is 4.79 Å². The van der Waals surface area contributed by atoms with Crippen LogP contribution < -0.4 is 5.73 Å². The molecule has 0 radical (unpaired) electrons. The molecule has 2 N–H and O–H groups in total. The average molecular weight is 234 g/mol. The highest BCUT2D eigenvalue weighted by Crippen LogP contribution is 2.12. The van der Waals surface area contributed by atoms with Gasteiger partial charge >= 0.3 is 0 Å². The molecular weight excluding hydrogens is 216 g/mol. The van der Waals surface area contributed by atoms with E-state index >= 15 is 0 Å². The average Bonchev–Trinajstić information content (AvgIpc) is 2.78. The van der Waals surface area contributed by atoms with Crippen LogP contribution >= 0.6 is 0 Å². The van der Waals surface area contributed by atoms with E-state index in [0.717, 1.165) is 13.0 Å². The molecule has 1 amide bonds. The summed E-state index contributed by atoms with van der Waals surface area (Å²) in [6.45, 7) is 4.81. The van der Waals surface area contributed by atoms with E-state index < -0.39 is 0 Å². The molecule has 1 aliphatic heterocycles. The number of hydrogen-bond donors (Lipinski definition) is 1. The van der Waals surface area contributed by atoms with Crippen LogP contribution in [0.3, 0.4) is 0 Å². The number of carbonyl (C=O) groups is 1. The van der Waals surface area contributed by atoms with Gasteiger partial charge in [-0.15, -0.1) is 0 Å². The van der Waals surface area contributed by atoms with Gasteiger partial charge in [0, 0.05) is 32.4 Å². The largest absolute Gasteiger partial charge is 0.335 e. The van der Waals surface area contributed by atoms with Gasteiger partial charge in [0.25, 0.3) is 5.91 Å². The van der Waals surface area contributed by atoms with Gasteiger partial charge < -0.3 is 15.2 Å². The first-order chi connectivity index (χ1) is 8.20. The van der Waals surface area contributed by atoms with Crippen molar-refractivity contribution in [2.24, 2.45) is 5.73 Å².